The molecule has 2 rings (SSSR count). The van der Waals surface area contributed by atoms with Gasteiger partial charge in [-0.2, -0.15) is 5.26 Å². The van der Waals surface area contributed by atoms with Gasteiger partial charge in [-0.25, -0.2) is 4.98 Å². The molecule has 0 radical (unpaired) electrons. The quantitative estimate of drug-likeness (QED) is 0.582. The molecule has 0 spiro atoms. The molecule has 0 aliphatic rings. The van der Waals surface area contributed by atoms with Crippen LogP contribution in [0.5, 0.6) is 0 Å². The van der Waals surface area contributed by atoms with Crippen LogP contribution in [0.15, 0.2) is 30.1 Å². The molecule has 2 aromatic rings. The number of H-pyrrole nitrogens is 1. The number of nitrogens with two attached hydrogens (primary N) is 1. The number of pyridine rings is 1. The van der Waals surface area contributed by atoms with E-state index in [0.717, 1.165) is 28.8 Å². The van der Waals surface area contributed by atoms with Crippen molar-refractivity contribution < 1.29 is 4.79 Å². The van der Waals surface area contributed by atoms with Gasteiger partial charge >= 0.3 is 0 Å². The molecule has 6 nitrogen and oxygen atoms in total. The first-order valence-electron chi connectivity index (χ1n) is 7.40. The maximum Gasteiger partial charge on any atom is 0.259 e. The predicted molar refractivity (Wildman–Crippen MR) is 90.6 cm³/mol. The van der Waals surface area contributed by atoms with Gasteiger partial charge in [-0.15, -0.1) is 0 Å². The van der Waals surface area contributed by atoms with Crippen molar-refractivity contribution in [1.29, 1.82) is 5.26 Å². The van der Waals surface area contributed by atoms with Crippen LogP contribution in [-0.2, 0) is 11.2 Å². The molecule has 2 heterocycles. The van der Waals surface area contributed by atoms with E-state index in [1.807, 2.05) is 18.3 Å². The number of hydrogen-bond donors (Lipinski definition) is 3. The summed E-state index contributed by atoms with van der Waals surface area (Å²) in [5.74, 6) is -0.710. The number of carbonyl (C=O) groups is 1. The molecule has 6 heteroatoms. The minimum atomic E-state index is -0.710. The van der Waals surface area contributed by atoms with E-state index in [-0.39, 0.29) is 11.0 Å². The summed E-state index contributed by atoms with van der Waals surface area (Å²) >= 11 is 0. The molecule has 0 aliphatic heterocycles. The summed E-state index contributed by atoms with van der Waals surface area (Å²) in [5, 5.41) is 13.2. The molecule has 2 aromatic heterocycles. The highest BCUT2D eigenvalue weighted by molar-refractivity contribution is 5.96. The molecule has 4 N–H and O–H groups in total. The molecule has 0 saturated carbocycles. The van der Waals surface area contributed by atoms with E-state index in [4.69, 9.17) is 11.0 Å². The van der Waals surface area contributed by atoms with E-state index >= 15 is 0 Å². The SMILES string of the molecule is CC(C)(C)CNc1cnc2[nH]cc(C/C=C(\C#N)C(N)=O)c2c1. The number of anilines is 1. The number of aromatic amines is 1. The maximum absolute atomic E-state index is 11.1. The fourth-order valence-electron chi connectivity index (χ4n) is 2.10. The van der Waals surface area contributed by atoms with E-state index in [2.05, 4.69) is 36.1 Å². The summed E-state index contributed by atoms with van der Waals surface area (Å²) in [6, 6.07) is 3.83. The van der Waals surface area contributed by atoms with Gasteiger partial charge in [-0.1, -0.05) is 26.8 Å². The van der Waals surface area contributed by atoms with E-state index in [1.165, 1.54) is 0 Å². The van der Waals surface area contributed by atoms with E-state index < -0.39 is 5.91 Å². The Morgan fingerprint density at radius 3 is 2.87 bits per heavy atom. The Balaban J connectivity index is 2.25. The minimum Gasteiger partial charge on any atom is -0.383 e. The van der Waals surface area contributed by atoms with Gasteiger partial charge in [0.15, 0.2) is 0 Å². The lowest BCUT2D eigenvalue weighted by atomic mass is 9.97. The third-order valence-electron chi connectivity index (χ3n) is 3.35. The molecular formula is C17H21N5O. The Morgan fingerprint density at radius 2 is 2.26 bits per heavy atom. The summed E-state index contributed by atoms with van der Waals surface area (Å²) in [4.78, 5) is 18.6. The van der Waals surface area contributed by atoms with Gasteiger partial charge in [0.2, 0.25) is 0 Å². The topological polar surface area (TPSA) is 108 Å². The average Bonchev–Trinajstić information content (AvgIpc) is 2.87. The molecule has 0 unspecified atom stereocenters. The van der Waals surface area contributed by atoms with E-state index in [9.17, 15) is 4.79 Å². The smallest absolute Gasteiger partial charge is 0.259 e. The standard InChI is InChI=1S/C17H21N5O/c1-17(2,3)10-22-13-6-14-12(8-20-16(14)21-9-13)5-4-11(7-18)15(19)23/h4,6,8-9,22H,5,10H2,1-3H3,(H2,19,23)(H,20,21)/b11-4+. The predicted octanol–water partition coefficient (Wildman–Crippen LogP) is 2.50. The molecule has 0 aliphatic carbocycles. The molecule has 23 heavy (non-hydrogen) atoms. The molecule has 1 amide bonds. The van der Waals surface area contributed by atoms with Gasteiger partial charge in [0.05, 0.1) is 11.9 Å². The third-order valence-corrected chi connectivity index (χ3v) is 3.35. The second kappa shape index (κ2) is 6.53. The van der Waals surface area contributed by atoms with Crippen LogP contribution in [-0.4, -0.2) is 22.4 Å². The van der Waals surface area contributed by atoms with Gasteiger partial charge in [-0.3, -0.25) is 4.79 Å². The van der Waals surface area contributed by atoms with Crippen molar-refractivity contribution in [2.24, 2.45) is 11.1 Å². The third kappa shape index (κ3) is 4.33. The van der Waals surface area contributed by atoms with Gasteiger partial charge < -0.3 is 16.0 Å². The van der Waals surface area contributed by atoms with Crippen molar-refractivity contribution in [2.75, 3.05) is 11.9 Å². The van der Waals surface area contributed by atoms with E-state index in [1.54, 1.807) is 12.3 Å². The van der Waals surface area contributed by atoms with E-state index in [0.29, 0.717) is 6.42 Å². The summed E-state index contributed by atoms with van der Waals surface area (Å²) in [5.41, 5.74) is 7.95. The number of aromatic nitrogens is 2. The van der Waals surface area contributed by atoms with Crippen molar-refractivity contribution in [3.63, 3.8) is 0 Å². The Labute approximate surface area is 135 Å². The zero-order chi connectivity index (χ0) is 17.0. The number of allylic oxidation sites excluding steroid dienone is 1. The van der Waals surface area contributed by atoms with Crippen LogP contribution in [0.2, 0.25) is 0 Å². The number of carbonyl (C=O) groups excluding carboxylic acids is 1. The lowest BCUT2D eigenvalue weighted by Crippen LogP contribution is -2.19. The highest BCUT2D eigenvalue weighted by Crippen LogP contribution is 2.22. The van der Waals surface area contributed by atoms with Gasteiger partial charge in [0.25, 0.3) is 5.91 Å². The number of rotatable bonds is 5. The Bertz CT molecular complexity index is 789. The minimum absolute atomic E-state index is 0.0330. The number of primary amides is 1. The zero-order valence-electron chi connectivity index (χ0n) is 13.6. The molecule has 120 valence electrons. The molecule has 0 fully saturated rings. The van der Waals surface area contributed by atoms with Crippen LogP contribution in [0, 0.1) is 16.7 Å². The number of nitrogens with zero attached hydrogens (tertiary/aromatic N) is 2. The molecule has 0 saturated heterocycles. The maximum atomic E-state index is 11.1. The van der Waals surface area contributed by atoms with Crippen LogP contribution < -0.4 is 11.1 Å². The highest BCUT2D eigenvalue weighted by Gasteiger charge is 2.11. The highest BCUT2D eigenvalue weighted by atomic mass is 16.1. The lowest BCUT2D eigenvalue weighted by molar-refractivity contribution is -0.114. The van der Waals surface area contributed by atoms with Gasteiger partial charge in [-0.05, 0) is 23.5 Å². The number of nitrogens with one attached hydrogen (secondary N) is 2. The Hall–Kier alpha value is -2.81. The fraction of sp³-hybridized carbons (Fsp3) is 0.353. The van der Waals surface area contributed by atoms with Crippen LogP contribution in [0.1, 0.15) is 26.3 Å². The largest absolute Gasteiger partial charge is 0.383 e. The van der Waals surface area contributed by atoms with Crippen LogP contribution >= 0.6 is 0 Å². The first kappa shape index (κ1) is 16.6. The monoisotopic (exact) mass is 311 g/mol. The molecular weight excluding hydrogens is 290 g/mol. The number of nitriles is 1. The molecule has 0 aromatic carbocycles. The van der Waals surface area contributed by atoms with Gasteiger partial charge in [0, 0.05) is 18.1 Å². The first-order valence-corrected chi connectivity index (χ1v) is 7.40. The van der Waals surface area contributed by atoms with Gasteiger partial charge in [0.1, 0.15) is 17.3 Å². The number of fused-ring (bicyclic) bond motifs is 1. The van der Waals surface area contributed by atoms with Crippen molar-refractivity contribution in [2.45, 2.75) is 27.2 Å². The molecule has 0 bridgehead atoms. The summed E-state index contributed by atoms with van der Waals surface area (Å²) in [6.07, 6.45) is 5.60. The lowest BCUT2D eigenvalue weighted by Gasteiger charge is -2.19. The van der Waals surface area contributed by atoms with Crippen molar-refractivity contribution in [3.8, 4) is 6.07 Å². The second-order valence-corrected chi connectivity index (χ2v) is 6.65. The zero-order valence-corrected chi connectivity index (χ0v) is 13.6. The average molecular weight is 311 g/mol. The fourth-order valence-corrected chi connectivity index (χ4v) is 2.10. The van der Waals surface area contributed by atoms with Crippen molar-refractivity contribution >= 4 is 22.6 Å². The summed E-state index contributed by atoms with van der Waals surface area (Å²) < 4.78 is 0. The summed E-state index contributed by atoms with van der Waals surface area (Å²) in [6.45, 7) is 7.31. The molecule has 0 atom stereocenters. The normalized spacial score (nSPS) is 12.2. The van der Waals surface area contributed by atoms with Crippen LogP contribution in [0.3, 0.4) is 0 Å². The Kier molecular flexibility index (Phi) is 4.70. The number of hydrogen-bond acceptors (Lipinski definition) is 4. The summed E-state index contributed by atoms with van der Waals surface area (Å²) in [7, 11) is 0. The number of amides is 1. The Morgan fingerprint density at radius 1 is 1.52 bits per heavy atom. The van der Waals surface area contributed by atoms with Crippen LogP contribution in [0.25, 0.3) is 11.0 Å². The van der Waals surface area contributed by atoms with Crippen molar-refractivity contribution in [1.82, 2.24) is 9.97 Å². The second-order valence-electron chi connectivity index (χ2n) is 6.65. The first-order chi connectivity index (χ1) is 10.8. The van der Waals surface area contributed by atoms with Crippen molar-refractivity contribution in [3.05, 3.63) is 35.7 Å². The van der Waals surface area contributed by atoms with Crippen LogP contribution in [0.4, 0.5) is 5.69 Å².